The van der Waals surface area contributed by atoms with Gasteiger partial charge in [-0.3, -0.25) is 4.79 Å². The van der Waals surface area contributed by atoms with Crippen molar-refractivity contribution in [3.63, 3.8) is 0 Å². The summed E-state index contributed by atoms with van der Waals surface area (Å²) in [5, 5.41) is 17.7. The molecule has 2 aromatic heterocycles. The molecule has 6 nitrogen and oxygen atoms in total. The van der Waals surface area contributed by atoms with Crippen LogP contribution >= 0.6 is 11.6 Å². The van der Waals surface area contributed by atoms with E-state index in [4.69, 9.17) is 16.7 Å². The molecule has 1 aliphatic rings. The molecule has 0 spiro atoms. The molecule has 1 saturated carbocycles. The van der Waals surface area contributed by atoms with Gasteiger partial charge in [0, 0.05) is 6.20 Å². The van der Waals surface area contributed by atoms with E-state index in [0.29, 0.717) is 12.8 Å². The van der Waals surface area contributed by atoms with E-state index >= 15 is 0 Å². The fourth-order valence-electron chi connectivity index (χ4n) is 2.21. The quantitative estimate of drug-likeness (QED) is 0.855. The minimum Gasteiger partial charge on any atom is -0.477 e. The Kier molecular flexibility index (Phi) is 2.75. The van der Waals surface area contributed by atoms with Crippen molar-refractivity contribution < 1.29 is 14.3 Å². The topological polar surface area (TPSA) is 96.0 Å². The number of nitriles is 1. The Morgan fingerprint density at radius 1 is 1.57 bits per heavy atom. The lowest BCUT2D eigenvalue weighted by molar-refractivity contribution is 0.0694. The number of carboxylic acid groups (broad SMARTS) is 1. The van der Waals surface area contributed by atoms with Crippen LogP contribution in [-0.4, -0.2) is 20.6 Å². The third kappa shape index (κ3) is 1.87. The van der Waals surface area contributed by atoms with E-state index in [9.17, 15) is 19.2 Å². The van der Waals surface area contributed by atoms with Gasteiger partial charge in [-0.1, -0.05) is 11.6 Å². The summed E-state index contributed by atoms with van der Waals surface area (Å²) >= 11 is 5.63. The molecule has 0 atom stereocenters. The Balaban J connectivity index is 2.49. The second-order valence-corrected chi connectivity index (χ2v) is 5.18. The minimum atomic E-state index is -1.44. The fourth-order valence-corrected chi connectivity index (χ4v) is 2.34. The van der Waals surface area contributed by atoms with Crippen LogP contribution in [0.25, 0.3) is 11.0 Å². The molecule has 0 amide bonds. The van der Waals surface area contributed by atoms with Gasteiger partial charge in [0.2, 0.25) is 5.43 Å². The first-order valence-electron chi connectivity index (χ1n) is 5.96. The molecule has 2 heterocycles. The highest BCUT2D eigenvalue weighted by Crippen LogP contribution is 2.44. The molecule has 0 aliphatic heterocycles. The monoisotopic (exact) mass is 307 g/mol. The van der Waals surface area contributed by atoms with Crippen molar-refractivity contribution >= 4 is 28.6 Å². The second kappa shape index (κ2) is 4.27. The van der Waals surface area contributed by atoms with Crippen molar-refractivity contribution in [2.24, 2.45) is 0 Å². The van der Waals surface area contributed by atoms with E-state index in [1.807, 2.05) is 0 Å². The number of halogens is 2. The van der Waals surface area contributed by atoms with Gasteiger partial charge in [0.05, 0.1) is 11.5 Å². The smallest absolute Gasteiger partial charge is 0.341 e. The lowest BCUT2D eigenvalue weighted by Crippen LogP contribution is -2.25. The van der Waals surface area contributed by atoms with Gasteiger partial charge in [0.15, 0.2) is 11.0 Å². The average Bonchev–Trinajstić information content (AvgIpc) is 3.22. The number of fused-ring (bicyclic) bond motifs is 1. The molecule has 3 rings (SSSR count). The third-order valence-electron chi connectivity index (χ3n) is 3.51. The van der Waals surface area contributed by atoms with Crippen molar-refractivity contribution in [3.05, 3.63) is 39.0 Å². The van der Waals surface area contributed by atoms with E-state index in [1.54, 1.807) is 0 Å². The van der Waals surface area contributed by atoms with Crippen LogP contribution < -0.4 is 5.43 Å². The molecule has 1 fully saturated rings. The number of hydrogen-bond donors (Lipinski definition) is 1. The normalized spacial score (nSPS) is 15.7. The molecule has 106 valence electrons. The molecule has 0 aromatic carbocycles. The zero-order valence-electron chi connectivity index (χ0n) is 10.4. The lowest BCUT2D eigenvalue weighted by Gasteiger charge is -2.15. The van der Waals surface area contributed by atoms with Gasteiger partial charge in [-0.25, -0.2) is 14.2 Å². The summed E-state index contributed by atoms with van der Waals surface area (Å²) in [5.41, 5.74) is -2.34. The molecule has 0 unspecified atom stereocenters. The minimum absolute atomic E-state index is 0.00968. The molecule has 1 N–H and O–H groups in total. The van der Waals surface area contributed by atoms with Crippen molar-refractivity contribution in [2.75, 3.05) is 0 Å². The first kappa shape index (κ1) is 13.5. The molecule has 1 aliphatic carbocycles. The van der Waals surface area contributed by atoms with Gasteiger partial charge in [-0.2, -0.15) is 5.26 Å². The third-order valence-corrected chi connectivity index (χ3v) is 3.78. The number of hydrogen-bond acceptors (Lipinski definition) is 4. The van der Waals surface area contributed by atoms with E-state index in [0.717, 1.165) is 12.3 Å². The first-order chi connectivity index (χ1) is 9.89. The molecular weight excluding hydrogens is 301 g/mol. The predicted octanol–water partition coefficient (Wildman–Crippen LogP) is 1.90. The van der Waals surface area contributed by atoms with Crippen LogP contribution in [0.15, 0.2) is 17.1 Å². The molecule has 0 radical (unpaired) electrons. The Hall–Kier alpha value is -2.46. The van der Waals surface area contributed by atoms with Crippen LogP contribution in [0.4, 0.5) is 4.39 Å². The highest BCUT2D eigenvalue weighted by atomic mass is 35.5. The number of nitrogens with zero attached hydrogens (tertiary/aromatic N) is 3. The first-order valence-corrected chi connectivity index (χ1v) is 6.34. The van der Waals surface area contributed by atoms with Gasteiger partial charge in [0.1, 0.15) is 16.7 Å². The Bertz CT molecular complexity index is 896. The average molecular weight is 308 g/mol. The van der Waals surface area contributed by atoms with E-state index in [-0.39, 0.29) is 11.0 Å². The number of aromatic nitrogens is 2. The number of rotatable bonds is 2. The summed E-state index contributed by atoms with van der Waals surface area (Å²) in [7, 11) is 0. The summed E-state index contributed by atoms with van der Waals surface area (Å²) in [6, 6.07) is 2.92. The van der Waals surface area contributed by atoms with Gasteiger partial charge < -0.3 is 9.67 Å². The maximum Gasteiger partial charge on any atom is 0.341 e. The Labute approximate surface area is 122 Å². The second-order valence-electron chi connectivity index (χ2n) is 4.82. The molecule has 0 saturated heterocycles. The summed E-state index contributed by atoms with van der Waals surface area (Å²) < 4.78 is 14.8. The van der Waals surface area contributed by atoms with Crippen molar-refractivity contribution in [3.8, 4) is 6.07 Å². The van der Waals surface area contributed by atoms with Crippen LogP contribution in [0.3, 0.4) is 0 Å². The standard InChI is InChI=1S/C13H7ClFN3O3/c14-10-8(15)3-6-9(19)7(12(20)21)4-18(11(6)17-10)13(5-16)1-2-13/h3-4H,1-2H2,(H,20,21). The Morgan fingerprint density at radius 3 is 2.76 bits per heavy atom. The van der Waals surface area contributed by atoms with E-state index < -0.39 is 33.5 Å². The number of carbonyl (C=O) groups is 1. The highest BCUT2D eigenvalue weighted by molar-refractivity contribution is 6.29. The largest absolute Gasteiger partial charge is 0.477 e. The van der Waals surface area contributed by atoms with Crippen LogP contribution in [-0.2, 0) is 5.54 Å². The van der Waals surface area contributed by atoms with E-state index in [2.05, 4.69) is 11.1 Å². The van der Waals surface area contributed by atoms with Gasteiger partial charge in [0.25, 0.3) is 0 Å². The van der Waals surface area contributed by atoms with Crippen molar-refractivity contribution in [1.82, 2.24) is 9.55 Å². The maximum atomic E-state index is 13.5. The number of aromatic carboxylic acids is 1. The highest BCUT2D eigenvalue weighted by Gasteiger charge is 2.46. The SMILES string of the molecule is N#CC1(n2cc(C(=O)O)c(=O)c3cc(F)c(Cl)nc32)CC1. The van der Waals surface area contributed by atoms with Gasteiger partial charge in [-0.05, 0) is 18.9 Å². The van der Waals surface area contributed by atoms with Crippen LogP contribution in [0.1, 0.15) is 23.2 Å². The van der Waals surface area contributed by atoms with Crippen LogP contribution in [0.2, 0.25) is 5.15 Å². The number of carboxylic acids is 1. The maximum absolute atomic E-state index is 13.5. The Morgan fingerprint density at radius 2 is 2.24 bits per heavy atom. The predicted molar refractivity (Wildman–Crippen MR) is 70.8 cm³/mol. The molecule has 2 aromatic rings. The summed E-state index contributed by atoms with van der Waals surface area (Å²) in [4.78, 5) is 27.1. The molecule has 21 heavy (non-hydrogen) atoms. The summed E-state index contributed by atoms with van der Waals surface area (Å²) in [6.45, 7) is 0. The summed E-state index contributed by atoms with van der Waals surface area (Å²) in [6.07, 6.45) is 2.07. The lowest BCUT2D eigenvalue weighted by atomic mass is 10.1. The zero-order chi connectivity index (χ0) is 15.4. The molecule has 0 bridgehead atoms. The fraction of sp³-hybridized carbons (Fsp3) is 0.231. The van der Waals surface area contributed by atoms with Crippen molar-refractivity contribution in [1.29, 1.82) is 5.26 Å². The van der Waals surface area contributed by atoms with Crippen molar-refractivity contribution in [2.45, 2.75) is 18.4 Å². The van der Waals surface area contributed by atoms with Crippen LogP contribution in [0.5, 0.6) is 0 Å². The summed E-state index contributed by atoms with van der Waals surface area (Å²) in [5.74, 6) is -2.36. The molecular formula is C13H7ClFN3O3. The van der Waals surface area contributed by atoms with Crippen LogP contribution in [0, 0.1) is 17.1 Å². The van der Waals surface area contributed by atoms with Gasteiger partial charge in [-0.15, -0.1) is 0 Å². The molecule has 8 heteroatoms. The number of pyridine rings is 2. The zero-order valence-corrected chi connectivity index (χ0v) is 11.2. The van der Waals surface area contributed by atoms with E-state index in [1.165, 1.54) is 4.57 Å². The van der Waals surface area contributed by atoms with Gasteiger partial charge >= 0.3 is 5.97 Å².